The Balaban J connectivity index is 3.41. The van der Waals surface area contributed by atoms with Crippen LogP contribution in [0.15, 0.2) is 36.5 Å². The normalized spacial score (nSPS) is 12.9. The van der Waals surface area contributed by atoms with Gasteiger partial charge < -0.3 is 20.3 Å². The summed E-state index contributed by atoms with van der Waals surface area (Å²) in [6, 6.07) is -0.550. The zero-order valence-electron chi connectivity index (χ0n) is 42.1. The van der Waals surface area contributed by atoms with E-state index in [1.807, 2.05) is 0 Å². The first-order valence-corrected chi connectivity index (χ1v) is 27.7. The maximum absolute atomic E-state index is 12.4. The second-order valence-electron chi connectivity index (χ2n) is 18.9. The monoisotopic (exact) mass is 886 g/mol. The van der Waals surface area contributed by atoms with Gasteiger partial charge in [0.15, 0.2) is 0 Å². The molecule has 0 aromatic rings. The first kappa shape index (κ1) is 61.1. The average molecular weight is 886 g/mol. The van der Waals surface area contributed by atoms with Gasteiger partial charge in [0.05, 0.1) is 25.4 Å². The molecule has 0 saturated heterocycles. The number of esters is 1. The summed E-state index contributed by atoms with van der Waals surface area (Å²) < 4.78 is 5.48. The summed E-state index contributed by atoms with van der Waals surface area (Å²) in [6.45, 7) is 4.89. The molecule has 0 aromatic heterocycles. The minimum Gasteiger partial charge on any atom is -0.466 e. The number of unbranched alkanes of at least 4 members (excludes halogenated alkanes) is 34. The fourth-order valence-electron chi connectivity index (χ4n) is 8.37. The van der Waals surface area contributed by atoms with Crippen LogP contribution in [0.4, 0.5) is 0 Å². The molecule has 0 aliphatic heterocycles. The van der Waals surface area contributed by atoms with Crippen LogP contribution in [0.25, 0.3) is 0 Å². The number of nitrogens with one attached hydrogen (secondary N) is 1. The van der Waals surface area contributed by atoms with E-state index >= 15 is 0 Å². The molecule has 6 heteroatoms. The first-order chi connectivity index (χ1) is 31.0. The van der Waals surface area contributed by atoms with Crippen molar-refractivity contribution in [3.63, 3.8) is 0 Å². The lowest BCUT2D eigenvalue weighted by atomic mass is 10.0. The van der Waals surface area contributed by atoms with Crippen molar-refractivity contribution >= 4 is 11.9 Å². The van der Waals surface area contributed by atoms with E-state index < -0.39 is 12.1 Å². The number of carbonyl (C=O) groups excluding carboxylic acids is 2. The van der Waals surface area contributed by atoms with Crippen LogP contribution in [0.1, 0.15) is 290 Å². The van der Waals surface area contributed by atoms with E-state index in [0.717, 1.165) is 64.2 Å². The number of amides is 1. The molecule has 3 N–H and O–H groups in total. The van der Waals surface area contributed by atoms with Crippen LogP contribution in [0, 0.1) is 0 Å². The summed E-state index contributed by atoms with van der Waals surface area (Å²) in [7, 11) is 0. The van der Waals surface area contributed by atoms with E-state index in [-0.39, 0.29) is 18.5 Å². The minimum absolute atomic E-state index is 0.00134. The molecule has 63 heavy (non-hydrogen) atoms. The highest BCUT2D eigenvalue weighted by molar-refractivity contribution is 5.76. The quantitative estimate of drug-likeness (QED) is 0.0321. The third-order valence-electron chi connectivity index (χ3n) is 12.7. The molecular weight excluding hydrogens is 779 g/mol. The van der Waals surface area contributed by atoms with Gasteiger partial charge in [0.2, 0.25) is 5.91 Å². The molecule has 0 radical (unpaired) electrons. The molecule has 6 nitrogen and oxygen atoms in total. The Morgan fingerprint density at radius 1 is 0.444 bits per heavy atom. The molecule has 2 unspecified atom stereocenters. The second kappa shape index (κ2) is 52.7. The van der Waals surface area contributed by atoms with E-state index in [4.69, 9.17) is 4.74 Å². The number of allylic oxidation sites excluding steroid dienone is 6. The first-order valence-electron chi connectivity index (χ1n) is 27.7. The summed E-state index contributed by atoms with van der Waals surface area (Å²) in [5, 5.41) is 23.1. The molecule has 0 saturated carbocycles. The Bertz CT molecular complexity index is 1020. The number of carbonyl (C=O) groups is 2. The van der Waals surface area contributed by atoms with Gasteiger partial charge in [-0.15, -0.1) is 0 Å². The molecule has 1 amide bonds. The molecule has 0 fully saturated rings. The standard InChI is InChI=1S/C57H107NO5/c1-3-5-7-9-11-13-14-15-16-17-18-22-25-28-31-35-39-43-47-51-57(62)63-52-48-44-40-36-32-29-26-23-20-19-21-24-27-30-34-38-42-46-50-56(61)58-54(53-59)55(60)49-45-41-37-33-12-10-8-6-4-2/h11,13,15-16,21,24,54-55,59-60H,3-10,12,14,17-20,22-23,25-53H2,1-2H3,(H,58,61)/b13-11-,16-15-,24-21-. The number of hydrogen-bond donors (Lipinski definition) is 3. The Hall–Kier alpha value is -1.92. The van der Waals surface area contributed by atoms with Crippen molar-refractivity contribution in [2.45, 2.75) is 302 Å². The minimum atomic E-state index is -0.671. The number of ether oxygens (including phenoxy) is 1. The molecule has 2 atom stereocenters. The van der Waals surface area contributed by atoms with Crippen molar-refractivity contribution in [1.29, 1.82) is 0 Å². The summed E-state index contributed by atoms with van der Waals surface area (Å²) in [5.74, 6) is -0.0537. The Morgan fingerprint density at radius 2 is 0.794 bits per heavy atom. The second-order valence-corrected chi connectivity index (χ2v) is 18.9. The van der Waals surface area contributed by atoms with Crippen LogP contribution in [-0.4, -0.2) is 47.4 Å². The van der Waals surface area contributed by atoms with Gasteiger partial charge >= 0.3 is 5.97 Å². The summed E-state index contributed by atoms with van der Waals surface area (Å²) in [4.78, 5) is 24.5. The molecule has 0 aliphatic rings. The highest BCUT2D eigenvalue weighted by Gasteiger charge is 2.20. The van der Waals surface area contributed by atoms with Crippen molar-refractivity contribution in [3.05, 3.63) is 36.5 Å². The molecule has 0 spiro atoms. The molecule has 0 heterocycles. The SMILES string of the molecule is CCCCC/C=C\C/C=C\CCCCCCCCCCCC(=O)OCCCCCCCCCCC/C=C\CCCCCCCC(=O)NC(CO)C(O)CCCCCCCCCCC. The van der Waals surface area contributed by atoms with Crippen LogP contribution in [0.2, 0.25) is 0 Å². The van der Waals surface area contributed by atoms with E-state index in [1.165, 1.54) is 193 Å². The fourth-order valence-corrected chi connectivity index (χ4v) is 8.37. The van der Waals surface area contributed by atoms with Gasteiger partial charge in [0.25, 0.3) is 0 Å². The van der Waals surface area contributed by atoms with E-state index in [2.05, 4.69) is 55.6 Å². The van der Waals surface area contributed by atoms with Crippen LogP contribution < -0.4 is 5.32 Å². The Kier molecular flexibility index (Phi) is 51.1. The highest BCUT2D eigenvalue weighted by Crippen LogP contribution is 2.16. The summed E-state index contributed by atoms with van der Waals surface area (Å²) in [5.41, 5.74) is 0. The van der Waals surface area contributed by atoms with E-state index in [1.54, 1.807) is 0 Å². The van der Waals surface area contributed by atoms with Crippen molar-refractivity contribution < 1.29 is 24.5 Å². The zero-order valence-corrected chi connectivity index (χ0v) is 42.1. The predicted octanol–water partition coefficient (Wildman–Crippen LogP) is 16.9. The summed E-state index contributed by atoms with van der Waals surface area (Å²) >= 11 is 0. The maximum Gasteiger partial charge on any atom is 0.305 e. The number of aliphatic hydroxyl groups excluding tert-OH is 2. The number of rotatable bonds is 51. The largest absolute Gasteiger partial charge is 0.466 e. The van der Waals surface area contributed by atoms with Gasteiger partial charge in [-0.05, 0) is 83.5 Å². The highest BCUT2D eigenvalue weighted by atomic mass is 16.5. The average Bonchev–Trinajstić information content (AvgIpc) is 3.28. The smallest absolute Gasteiger partial charge is 0.305 e. The van der Waals surface area contributed by atoms with Crippen molar-refractivity contribution in [1.82, 2.24) is 5.32 Å². The number of hydrogen-bond acceptors (Lipinski definition) is 5. The molecule has 370 valence electrons. The third kappa shape index (κ3) is 49.4. The lowest BCUT2D eigenvalue weighted by Crippen LogP contribution is -2.45. The summed E-state index contributed by atoms with van der Waals surface area (Å²) in [6.07, 6.45) is 64.2. The van der Waals surface area contributed by atoms with Crippen molar-refractivity contribution in [2.75, 3.05) is 13.2 Å². The van der Waals surface area contributed by atoms with Crippen LogP contribution in [0.3, 0.4) is 0 Å². The van der Waals surface area contributed by atoms with Gasteiger partial charge in [0.1, 0.15) is 0 Å². The van der Waals surface area contributed by atoms with Gasteiger partial charge in [-0.25, -0.2) is 0 Å². The zero-order chi connectivity index (χ0) is 45.8. The Morgan fingerprint density at radius 3 is 1.25 bits per heavy atom. The molecule has 0 aliphatic carbocycles. The van der Waals surface area contributed by atoms with Gasteiger partial charge in [-0.2, -0.15) is 0 Å². The van der Waals surface area contributed by atoms with Crippen LogP contribution in [-0.2, 0) is 14.3 Å². The van der Waals surface area contributed by atoms with Crippen molar-refractivity contribution in [3.8, 4) is 0 Å². The van der Waals surface area contributed by atoms with Gasteiger partial charge in [-0.1, -0.05) is 230 Å². The van der Waals surface area contributed by atoms with E-state index in [9.17, 15) is 19.8 Å². The maximum atomic E-state index is 12.4. The molecule has 0 aromatic carbocycles. The lowest BCUT2D eigenvalue weighted by molar-refractivity contribution is -0.143. The topological polar surface area (TPSA) is 95.9 Å². The Labute approximate surface area is 392 Å². The van der Waals surface area contributed by atoms with Crippen LogP contribution in [0.5, 0.6) is 0 Å². The molecular formula is C57H107NO5. The number of aliphatic hydroxyl groups is 2. The van der Waals surface area contributed by atoms with Gasteiger partial charge in [-0.3, -0.25) is 9.59 Å². The fraction of sp³-hybridized carbons (Fsp3) is 0.860. The molecule has 0 rings (SSSR count). The third-order valence-corrected chi connectivity index (χ3v) is 12.7. The van der Waals surface area contributed by atoms with Crippen LogP contribution >= 0.6 is 0 Å². The van der Waals surface area contributed by atoms with E-state index in [0.29, 0.717) is 25.9 Å². The van der Waals surface area contributed by atoms with Gasteiger partial charge in [0, 0.05) is 12.8 Å². The predicted molar refractivity (Wildman–Crippen MR) is 273 cm³/mol. The van der Waals surface area contributed by atoms with Crippen molar-refractivity contribution in [2.24, 2.45) is 0 Å². The molecule has 0 bridgehead atoms. The lowest BCUT2D eigenvalue weighted by Gasteiger charge is -2.22.